The number of hydrogen-bond acceptors (Lipinski definition) is 8. The monoisotopic (exact) mass is 590 g/mol. The van der Waals surface area contributed by atoms with E-state index in [-0.39, 0.29) is 29.8 Å². The minimum atomic E-state index is -0.652. The van der Waals surface area contributed by atoms with Crippen LogP contribution in [-0.2, 0) is 17.6 Å². The van der Waals surface area contributed by atoms with Gasteiger partial charge in [-0.05, 0) is 36.2 Å². The van der Waals surface area contributed by atoms with Gasteiger partial charge in [0.15, 0.2) is 18.2 Å². The highest BCUT2D eigenvalue weighted by atomic mass is 127. The molecule has 0 unspecified atom stereocenters. The summed E-state index contributed by atoms with van der Waals surface area (Å²) in [6.45, 7) is -0.216. The Labute approximate surface area is 212 Å². The van der Waals surface area contributed by atoms with Crippen molar-refractivity contribution in [2.75, 3.05) is 19.0 Å². The molecule has 2 aromatic heterocycles. The number of rotatable bonds is 9. The molecule has 0 radical (unpaired) electrons. The molecule has 0 spiro atoms. The number of hydrogen-bond donors (Lipinski definition) is 2. The minimum absolute atomic E-state index is 0.0389. The standard InChI is InChI=1S/C22H20FIN8O3/c1-31(24)20(33)13-35-16-7-8-18(17(23)12-16)26-21-22(34)32(11-10-25-21)15-5-2-14(3-6-15)4-9-19-27-29-30-28-19/h2-3,5-8,10-12H,4,9,13H2,1H3,(H,25,26)(H,27,28,29,30). The summed E-state index contributed by atoms with van der Waals surface area (Å²) in [5, 5.41) is 16.6. The van der Waals surface area contributed by atoms with Crippen LogP contribution in [0.1, 0.15) is 11.4 Å². The summed E-state index contributed by atoms with van der Waals surface area (Å²) in [7, 11) is 1.59. The van der Waals surface area contributed by atoms with Gasteiger partial charge in [-0.15, -0.1) is 10.2 Å². The number of carbonyl (C=O) groups excluding carboxylic acids is 1. The molecule has 180 valence electrons. The molecule has 2 N–H and O–H groups in total. The van der Waals surface area contributed by atoms with E-state index in [0.717, 1.165) is 18.1 Å². The van der Waals surface area contributed by atoms with Crippen molar-refractivity contribution in [2.24, 2.45) is 0 Å². The van der Waals surface area contributed by atoms with Gasteiger partial charge in [0.25, 0.3) is 11.5 Å². The number of aromatic nitrogens is 6. The number of halogens is 2. The highest BCUT2D eigenvalue weighted by Gasteiger charge is 2.12. The minimum Gasteiger partial charge on any atom is -0.484 e. The summed E-state index contributed by atoms with van der Waals surface area (Å²) >= 11 is 1.83. The van der Waals surface area contributed by atoms with Gasteiger partial charge in [0, 0.05) is 37.6 Å². The summed E-state index contributed by atoms with van der Waals surface area (Å²) in [6, 6.07) is 11.5. The van der Waals surface area contributed by atoms with E-state index in [4.69, 9.17) is 4.74 Å². The third-order valence-electron chi connectivity index (χ3n) is 4.98. The Morgan fingerprint density at radius 1 is 1.23 bits per heavy atom. The van der Waals surface area contributed by atoms with Crippen LogP contribution in [0.2, 0.25) is 0 Å². The molecule has 1 amide bonds. The van der Waals surface area contributed by atoms with E-state index in [1.807, 2.05) is 47.1 Å². The van der Waals surface area contributed by atoms with Crippen molar-refractivity contribution in [3.63, 3.8) is 0 Å². The van der Waals surface area contributed by atoms with Crippen molar-refractivity contribution in [3.05, 3.63) is 82.4 Å². The van der Waals surface area contributed by atoms with E-state index in [1.165, 1.54) is 32.2 Å². The van der Waals surface area contributed by atoms with E-state index in [2.05, 4.69) is 30.9 Å². The first-order valence-corrected chi connectivity index (χ1v) is 11.4. The first-order valence-electron chi connectivity index (χ1n) is 10.4. The average Bonchev–Trinajstić information content (AvgIpc) is 3.38. The lowest BCUT2D eigenvalue weighted by Crippen LogP contribution is -2.23. The van der Waals surface area contributed by atoms with E-state index in [9.17, 15) is 14.0 Å². The van der Waals surface area contributed by atoms with Crippen molar-refractivity contribution < 1.29 is 13.9 Å². The highest BCUT2D eigenvalue weighted by molar-refractivity contribution is 14.1. The van der Waals surface area contributed by atoms with Gasteiger partial charge in [0.1, 0.15) is 11.6 Å². The zero-order valence-corrected chi connectivity index (χ0v) is 20.6. The maximum atomic E-state index is 14.6. The predicted octanol–water partition coefficient (Wildman–Crippen LogP) is 2.60. The molecule has 0 bridgehead atoms. The molecular formula is C22H20FIN8O3. The number of amides is 1. The number of H-pyrrole nitrogens is 1. The fraction of sp³-hybridized carbons (Fsp3) is 0.182. The topological polar surface area (TPSA) is 131 Å². The Morgan fingerprint density at radius 2 is 2.03 bits per heavy atom. The third-order valence-corrected chi connectivity index (χ3v) is 5.52. The summed E-state index contributed by atoms with van der Waals surface area (Å²) < 4.78 is 22.7. The molecule has 0 aliphatic heterocycles. The Balaban J connectivity index is 1.45. The molecule has 11 nitrogen and oxygen atoms in total. The Kier molecular flexibility index (Phi) is 7.64. The first kappa shape index (κ1) is 24.3. The van der Waals surface area contributed by atoms with Crippen molar-refractivity contribution in [2.45, 2.75) is 12.8 Å². The van der Waals surface area contributed by atoms with Gasteiger partial charge >= 0.3 is 0 Å². The molecule has 4 aromatic rings. The number of carbonyl (C=O) groups is 1. The van der Waals surface area contributed by atoms with Gasteiger partial charge in [-0.2, -0.15) is 5.21 Å². The molecule has 0 aliphatic carbocycles. The number of aromatic amines is 1. The van der Waals surface area contributed by atoms with Crippen LogP contribution in [0.15, 0.2) is 59.7 Å². The molecular weight excluding hydrogens is 570 g/mol. The van der Waals surface area contributed by atoms with E-state index in [1.54, 1.807) is 7.05 Å². The van der Waals surface area contributed by atoms with Crippen molar-refractivity contribution in [1.82, 2.24) is 33.3 Å². The summed E-state index contributed by atoms with van der Waals surface area (Å²) in [6.07, 6.45) is 4.35. The number of aryl methyl sites for hydroxylation is 2. The van der Waals surface area contributed by atoms with Gasteiger partial charge in [0.2, 0.25) is 0 Å². The average molecular weight is 590 g/mol. The molecule has 0 saturated carbocycles. The summed E-state index contributed by atoms with van der Waals surface area (Å²) in [5.41, 5.74) is 1.30. The maximum Gasteiger partial charge on any atom is 0.298 e. The Morgan fingerprint density at radius 3 is 2.71 bits per heavy atom. The third kappa shape index (κ3) is 6.17. The molecule has 4 rings (SSSR count). The molecule has 0 saturated heterocycles. The van der Waals surface area contributed by atoms with Crippen LogP contribution < -0.4 is 15.6 Å². The van der Waals surface area contributed by atoms with Gasteiger partial charge in [-0.3, -0.25) is 17.3 Å². The number of anilines is 2. The summed E-state index contributed by atoms with van der Waals surface area (Å²) in [4.78, 5) is 28.7. The van der Waals surface area contributed by atoms with Gasteiger partial charge in [0.05, 0.1) is 28.6 Å². The van der Waals surface area contributed by atoms with E-state index in [0.29, 0.717) is 17.9 Å². The van der Waals surface area contributed by atoms with Gasteiger partial charge < -0.3 is 10.1 Å². The lowest BCUT2D eigenvalue weighted by Gasteiger charge is -2.12. The molecule has 13 heteroatoms. The molecule has 2 heterocycles. The lowest BCUT2D eigenvalue weighted by atomic mass is 10.1. The molecule has 0 fully saturated rings. The predicted molar refractivity (Wildman–Crippen MR) is 133 cm³/mol. The van der Waals surface area contributed by atoms with E-state index >= 15 is 0 Å². The van der Waals surface area contributed by atoms with Crippen LogP contribution in [0.3, 0.4) is 0 Å². The lowest BCUT2D eigenvalue weighted by molar-refractivity contribution is -0.126. The first-order chi connectivity index (χ1) is 16.9. The SMILES string of the molecule is CN(I)C(=O)COc1ccc(Nc2nccn(-c3ccc(CCc4nn[nH]n4)cc3)c2=O)c(F)c1. The van der Waals surface area contributed by atoms with Crippen LogP contribution in [0.25, 0.3) is 5.69 Å². The second-order valence-corrected chi connectivity index (χ2v) is 8.82. The quantitative estimate of drug-likeness (QED) is 0.225. The van der Waals surface area contributed by atoms with Crippen LogP contribution in [0.4, 0.5) is 15.9 Å². The van der Waals surface area contributed by atoms with Crippen LogP contribution >= 0.6 is 22.9 Å². The smallest absolute Gasteiger partial charge is 0.298 e. The number of benzene rings is 2. The normalized spacial score (nSPS) is 10.7. The summed E-state index contributed by atoms with van der Waals surface area (Å²) in [5.74, 6) is -0.133. The maximum absolute atomic E-state index is 14.6. The fourth-order valence-electron chi connectivity index (χ4n) is 3.12. The largest absolute Gasteiger partial charge is 0.484 e. The van der Waals surface area contributed by atoms with Crippen molar-refractivity contribution in [1.29, 1.82) is 0 Å². The Bertz CT molecular complexity index is 1360. The number of tetrazole rings is 1. The zero-order chi connectivity index (χ0) is 24.8. The number of nitrogens with zero attached hydrogens (tertiary/aromatic N) is 6. The zero-order valence-electron chi connectivity index (χ0n) is 18.5. The van der Waals surface area contributed by atoms with E-state index < -0.39 is 11.4 Å². The van der Waals surface area contributed by atoms with Crippen molar-refractivity contribution in [3.8, 4) is 11.4 Å². The fourth-order valence-corrected chi connectivity index (χ4v) is 3.26. The molecule has 0 aliphatic rings. The van der Waals surface area contributed by atoms with Crippen LogP contribution in [0, 0.1) is 5.82 Å². The van der Waals surface area contributed by atoms with Crippen LogP contribution in [-0.4, -0.2) is 52.9 Å². The number of nitrogens with one attached hydrogen (secondary N) is 2. The second kappa shape index (κ2) is 11.0. The molecule has 35 heavy (non-hydrogen) atoms. The number of ether oxygens (including phenoxy) is 1. The second-order valence-electron chi connectivity index (χ2n) is 7.37. The number of likely N-dealkylation sites (N-methyl/N-ethyl adjacent to an activating group) is 1. The van der Waals surface area contributed by atoms with Crippen LogP contribution in [0.5, 0.6) is 5.75 Å². The van der Waals surface area contributed by atoms with Gasteiger partial charge in [-0.25, -0.2) is 9.37 Å². The van der Waals surface area contributed by atoms with Gasteiger partial charge in [-0.1, -0.05) is 17.3 Å². The molecule has 0 atom stereocenters. The Hall–Kier alpha value is -3.88. The molecule has 2 aromatic carbocycles. The van der Waals surface area contributed by atoms with Crippen molar-refractivity contribution >= 4 is 40.3 Å². The highest BCUT2D eigenvalue weighted by Crippen LogP contribution is 2.23.